The fraction of sp³-hybridized carbons (Fsp3) is 0.486. The van der Waals surface area contributed by atoms with Crippen molar-refractivity contribution in [3.63, 3.8) is 0 Å². The van der Waals surface area contributed by atoms with Crippen molar-refractivity contribution in [2.45, 2.75) is 105 Å². The predicted molar refractivity (Wildman–Crippen MR) is 179 cm³/mol. The molecule has 7 heteroatoms. The molecule has 3 aromatic carbocycles. The minimum Gasteiger partial charge on any atom is -0.444 e. The van der Waals surface area contributed by atoms with E-state index in [4.69, 9.17) is 4.74 Å². The van der Waals surface area contributed by atoms with Crippen LogP contribution >= 0.6 is 0 Å². The number of nitrogens with zero attached hydrogens (tertiary/aromatic N) is 1. The number of fused-ring (bicyclic) bond motifs is 1. The van der Waals surface area contributed by atoms with Crippen molar-refractivity contribution in [3.8, 4) is 0 Å². The van der Waals surface area contributed by atoms with Crippen molar-refractivity contribution in [1.82, 2.24) is 10.2 Å². The van der Waals surface area contributed by atoms with E-state index in [1.54, 1.807) is 25.7 Å². The molecule has 0 aliphatic rings. The fourth-order valence-corrected chi connectivity index (χ4v) is 5.35. The maximum absolute atomic E-state index is 14.7. The average molecular weight is 602 g/mol. The number of carbonyl (C=O) groups is 3. The Hall–Kier alpha value is -3.87. The zero-order valence-corrected chi connectivity index (χ0v) is 27.9. The molecule has 0 saturated heterocycles. The molecule has 0 spiro atoms. The van der Waals surface area contributed by atoms with Crippen LogP contribution in [0.2, 0.25) is 0 Å². The van der Waals surface area contributed by atoms with Gasteiger partial charge in [-0.2, -0.15) is 0 Å². The van der Waals surface area contributed by atoms with E-state index in [0.29, 0.717) is 30.0 Å². The van der Waals surface area contributed by atoms with Crippen LogP contribution in [0, 0.1) is 18.8 Å². The Kier molecular flexibility index (Phi) is 12.0. The van der Waals surface area contributed by atoms with Gasteiger partial charge in [0.25, 0.3) is 5.91 Å². The molecule has 0 bridgehead atoms. The number of amides is 3. The second kappa shape index (κ2) is 15.2. The lowest BCUT2D eigenvalue weighted by Crippen LogP contribution is -2.57. The normalized spacial score (nSPS) is 14.4. The van der Waals surface area contributed by atoms with E-state index >= 15 is 0 Å². The van der Waals surface area contributed by atoms with Gasteiger partial charge < -0.3 is 20.3 Å². The number of rotatable bonds is 12. The Labute approximate surface area is 263 Å². The first-order chi connectivity index (χ1) is 20.7. The van der Waals surface area contributed by atoms with Crippen molar-refractivity contribution < 1.29 is 19.1 Å². The number of alkyl carbamates (subject to hydrolysis) is 1. The van der Waals surface area contributed by atoms with Crippen LogP contribution in [-0.2, 0) is 14.3 Å². The molecule has 4 atom stereocenters. The monoisotopic (exact) mass is 601 g/mol. The molecule has 3 amide bonds. The molecule has 0 fully saturated rings. The first kappa shape index (κ1) is 34.6. The lowest BCUT2D eigenvalue weighted by molar-refractivity contribution is -0.144. The van der Waals surface area contributed by atoms with E-state index < -0.39 is 23.8 Å². The highest BCUT2D eigenvalue weighted by atomic mass is 16.6. The van der Waals surface area contributed by atoms with Crippen LogP contribution in [0.15, 0.2) is 66.7 Å². The van der Waals surface area contributed by atoms with Crippen molar-refractivity contribution in [2.75, 3.05) is 5.32 Å². The number of ether oxygens (including phenoxy) is 1. The maximum Gasteiger partial charge on any atom is 0.408 e. The van der Waals surface area contributed by atoms with Crippen molar-refractivity contribution in [2.24, 2.45) is 11.8 Å². The van der Waals surface area contributed by atoms with E-state index in [0.717, 1.165) is 22.8 Å². The molecule has 0 radical (unpaired) electrons. The van der Waals surface area contributed by atoms with Crippen molar-refractivity contribution >= 4 is 34.4 Å². The molecule has 0 aromatic heterocycles. The minimum atomic E-state index is -0.928. The van der Waals surface area contributed by atoms with Gasteiger partial charge in [-0.25, -0.2) is 4.79 Å². The average Bonchev–Trinajstić information content (AvgIpc) is 2.95. The van der Waals surface area contributed by atoms with Gasteiger partial charge in [0, 0.05) is 11.7 Å². The Morgan fingerprint density at radius 1 is 0.864 bits per heavy atom. The molecule has 0 aliphatic heterocycles. The molecule has 0 aliphatic carbocycles. The number of anilines is 1. The molecule has 238 valence electrons. The smallest absolute Gasteiger partial charge is 0.408 e. The number of hydrogen-bond donors (Lipinski definition) is 2. The fourth-order valence-electron chi connectivity index (χ4n) is 5.35. The number of aryl methyl sites for hydroxylation is 1. The Morgan fingerprint density at radius 2 is 1.55 bits per heavy atom. The van der Waals surface area contributed by atoms with Crippen LogP contribution < -0.4 is 10.6 Å². The zero-order chi connectivity index (χ0) is 32.6. The Balaban J connectivity index is 2.11. The van der Waals surface area contributed by atoms with Gasteiger partial charge in [-0.05, 0) is 87.8 Å². The van der Waals surface area contributed by atoms with Gasteiger partial charge in [0.2, 0.25) is 5.91 Å². The van der Waals surface area contributed by atoms with Crippen LogP contribution in [0.25, 0.3) is 10.8 Å². The SMILES string of the molecule is CCC(C)C(NC(=O)OC(C)(C)C)C(=O)N(C(C)CCC(C)C)C(C(=O)Nc1ccc2ccccc2c1)c1cccc(C)c1. The summed E-state index contributed by atoms with van der Waals surface area (Å²) in [4.78, 5) is 43.8. The van der Waals surface area contributed by atoms with Gasteiger partial charge >= 0.3 is 6.09 Å². The van der Waals surface area contributed by atoms with Gasteiger partial charge in [-0.15, -0.1) is 0 Å². The van der Waals surface area contributed by atoms with Crippen molar-refractivity contribution in [3.05, 3.63) is 77.9 Å². The quantitative estimate of drug-likeness (QED) is 0.218. The summed E-state index contributed by atoms with van der Waals surface area (Å²) in [6.45, 7) is 17.6. The molecule has 3 aromatic rings. The van der Waals surface area contributed by atoms with E-state index in [9.17, 15) is 14.4 Å². The third-order valence-corrected chi connectivity index (χ3v) is 7.94. The molecule has 2 N–H and O–H groups in total. The molecule has 0 saturated carbocycles. The van der Waals surface area contributed by atoms with Crippen LogP contribution in [0.5, 0.6) is 0 Å². The summed E-state index contributed by atoms with van der Waals surface area (Å²) in [7, 11) is 0. The van der Waals surface area contributed by atoms with Crippen LogP contribution in [-0.4, -0.2) is 40.5 Å². The highest BCUT2D eigenvalue weighted by molar-refractivity contribution is 6.00. The van der Waals surface area contributed by atoms with Crippen LogP contribution in [0.4, 0.5) is 10.5 Å². The van der Waals surface area contributed by atoms with E-state index in [1.807, 2.05) is 94.4 Å². The largest absolute Gasteiger partial charge is 0.444 e. The number of hydrogen-bond acceptors (Lipinski definition) is 4. The summed E-state index contributed by atoms with van der Waals surface area (Å²) in [6.07, 6.45) is 1.58. The first-order valence-corrected chi connectivity index (χ1v) is 15.9. The van der Waals surface area contributed by atoms with Gasteiger partial charge in [0.05, 0.1) is 0 Å². The molecule has 7 nitrogen and oxygen atoms in total. The molecule has 44 heavy (non-hydrogen) atoms. The summed E-state index contributed by atoms with van der Waals surface area (Å²) in [6, 6.07) is 19.4. The zero-order valence-electron chi connectivity index (χ0n) is 27.9. The van der Waals surface area contributed by atoms with Crippen LogP contribution in [0.3, 0.4) is 0 Å². The lowest BCUT2D eigenvalue weighted by Gasteiger charge is -2.40. The van der Waals surface area contributed by atoms with E-state index in [1.165, 1.54) is 0 Å². The van der Waals surface area contributed by atoms with Crippen LogP contribution in [0.1, 0.15) is 91.8 Å². The first-order valence-electron chi connectivity index (χ1n) is 15.9. The second-order valence-corrected chi connectivity index (χ2v) is 13.4. The predicted octanol–water partition coefficient (Wildman–Crippen LogP) is 8.42. The lowest BCUT2D eigenvalue weighted by atomic mass is 9.93. The Morgan fingerprint density at radius 3 is 2.16 bits per heavy atom. The van der Waals surface area contributed by atoms with E-state index in [-0.39, 0.29) is 23.8 Å². The number of carbonyl (C=O) groups excluding carboxylic acids is 3. The van der Waals surface area contributed by atoms with Gasteiger partial charge in [0.15, 0.2) is 0 Å². The second-order valence-electron chi connectivity index (χ2n) is 13.4. The number of benzene rings is 3. The summed E-state index contributed by atoms with van der Waals surface area (Å²) < 4.78 is 5.55. The minimum absolute atomic E-state index is 0.198. The summed E-state index contributed by atoms with van der Waals surface area (Å²) in [5, 5.41) is 8.06. The highest BCUT2D eigenvalue weighted by Crippen LogP contribution is 2.31. The molecule has 3 rings (SSSR count). The Bertz CT molecular complexity index is 1430. The van der Waals surface area contributed by atoms with Gasteiger partial charge in [-0.3, -0.25) is 9.59 Å². The topological polar surface area (TPSA) is 87.7 Å². The number of nitrogens with one attached hydrogen (secondary N) is 2. The molecule has 4 unspecified atom stereocenters. The standard InChI is InChI=1S/C37H51N3O4/c1-10-26(5)32(39-36(43)44-37(7,8)9)35(42)40(27(6)19-18-24(2)3)33(30-17-13-14-25(4)22-30)34(41)38-31-21-20-28-15-11-12-16-29(28)23-31/h11-17,20-24,26-27,32-33H,10,18-19H2,1-9H3,(H,38,41)(H,39,43). The third-order valence-electron chi connectivity index (χ3n) is 7.94. The van der Waals surface area contributed by atoms with Gasteiger partial charge in [-0.1, -0.05) is 94.3 Å². The summed E-state index contributed by atoms with van der Waals surface area (Å²) >= 11 is 0. The molecular formula is C37H51N3O4. The maximum atomic E-state index is 14.7. The van der Waals surface area contributed by atoms with Crippen molar-refractivity contribution in [1.29, 1.82) is 0 Å². The molecule has 0 heterocycles. The molecular weight excluding hydrogens is 550 g/mol. The highest BCUT2D eigenvalue weighted by Gasteiger charge is 2.40. The van der Waals surface area contributed by atoms with Gasteiger partial charge in [0.1, 0.15) is 17.7 Å². The summed E-state index contributed by atoms with van der Waals surface area (Å²) in [5.41, 5.74) is 1.63. The summed E-state index contributed by atoms with van der Waals surface area (Å²) in [5.74, 6) is -0.391. The van der Waals surface area contributed by atoms with E-state index in [2.05, 4.69) is 24.5 Å². The third kappa shape index (κ3) is 9.57.